The highest BCUT2D eigenvalue weighted by Crippen LogP contribution is 2.45. The smallest absolute Gasteiger partial charge is 0.316 e. The van der Waals surface area contributed by atoms with Crippen LogP contribution in [0.25, 0.3) is 0 Å². The van der Waals surface area contributed by atoms with E-state index in [1.165, 1.54) is 0 Å². The van der Waals surface area contributed by atoms with Crippen LogP contribution in [0.15, 0.2) is 18.5 Å². The lowest BCUT2D eigenvalue weighted by molar-refractivity contribution is -0.138. The summed E-state index contributed by atoms with van der Waals surface area (Å²) < 4.78 is 29.9. The number of hydrogen-bond donors (Lipinski definition) is 0. The summed E-state index contributed by atoms with van der Waals surface area (Å²) in [5.41, 5.74) is 0. The Morgan fingerprint density at radius 1 is 1.25 bits per heavy atom. The van der Waals surface area contributed by atoms with E-state index in [1.54, 1.807) is 23.4 Å². The van der Waals surface area contributed by atoms with E-state index in [1.807, 2.05) is 0 Å². The molecular formula is C16H21N3O4S. The van der Waals surface area contributed by atoms with E-state index in [0.29, 0.717) is 31.8 Å². The molecule has 2 aliphatic heterocycles. The molecule has 24 heavy (non-hydrogen) atoms. The minimum atomic E-state index is -3.20. The molecule has 1 atom stereocenters. The van der Waals surface area contributed by atoms with Gasteiger partial charge in [-0.2, -0.15) is 0 Å². The van der Waals surface area contributed by atoms with E-state index in [9.17, 15) is 13.2 Å². The number of likely N-dealkylation sites (tertiary alicyclic amines) is 1. The van der Waals surface area contributed by atoms with Gasteiger partial charge in [-0.05, 0) is 31.2 Å². The summed E-state index contributed by atoms with van der Waals surface area (Å²) in [6.07, 6.45) is 6.55. The fraction of sp³-hybridized carbons (Fsp3) is 0.688. The van der Waals surface area contributed by atoms with Crippen molar-refractivity contribution in [3.63, 3.8) is 0 Å². The largest absolute Gasteiger partial charge is 0.463 e. The van der Waals surface area contributed by atoms with Crippen LogP contribution in [-0.4, -0.2) is 59.4 Å². The number of aromatic nitrogens is 2. The summed E-state index contributed by atoms with van der Waals surface area (Å²) in [5.74, 6) is 0.664. The summed E-state index contributed by atoms with van der Waals surface area (Å²) in [4.78, 5) is 21.9. The molecule has 0 bridgehead atoms. The Morgan fingerprint density at radius 2 is 1.96 bits per heavy atom. The topological polar surface area (TPSA) is 89.5 Å². The number of hydrogen-bond acceptors (Lipinski definition) is 6. The summed E-state index contributed by atoms with van der Waals surface area (Å²) in [6.45, 7) is 0.892. The van der Waals surface area contributed by atoms with Gasteiger partial charge >= 0.3 is 6.01 Å². The van der Waals surface area contributed by atoms with Gasteiger partial charge in [0, 0.05) is 37.8 Å². The molecule has 1 aromatic rings. The zero-order chi connectivity index (χ0) is 16.8. The number of carbonyl (C=O) groups is 1. The number of carbonyl (C=O) groups excluding carboxylic acids is 1. The molecule has 1 aromatic heterocycles. The molecule has 0 unspecified atom stereocenters. The lowest BCUT2D eigenvalue weighted by Crippen LogP contribution is -2.69. The lowest BCUT2D eigenvalue weighted by Gasteiger charge is -2.49. The molecule has 0 N–H and O–H groups in total. The average molecular weight is 351 g/mol. The maximum atomic E-state index is 12.6. The van der Waals surface area contributed by atoms with Gasteiger partial charge in [0.1, 0.15) is 4.75 Å². The first-order valence-electron chi connectivity index (χ1n) is 8.40. The van der Waals surface area contributed by atoms with Gasteiger partial charge in [0.05, 0.1) is 12.4 Å². The van der Waals surface area contributed by atoms with Crippen molar-refractivity contribution in [1.29, 1.82) is 0 Å². The van der Waals surface area contributed by atoms with Crippen molar-refractivity contribution in [3.8, 4) is 6.01 Å². The summed E-state index contributed by atoms with van der Waals surface area (Å²) in [6, 6.07) is 1.96. The summed E-state index contributed by atoms with van der Waals surface area (Å²) in [5, 5.41) is 0. The quantitative estimate of drug-likeness (QED) is 0.775. The standard InChI is InChI=1S/C16H21N3O4S/c20-14(8-12-2-3-12)19-10-16(11-19)13(4-7-24(16,21)22)9-23-15-17-5-1-6-18-15/h1,5-6,12-13H,2-4,7-11H2/t13-/m1/s1. The number of sulfone groups is 1. The molecule has 3 heterocycles. The van der Waals surface area contributed by atoms with Crippen LogP contribution in [0.1, 0.15) is 25.7 Å². The predicted molar refractivity (Wildman–Crippen MR) is 86.1 cm³/mol. The van der Waals surface area contributed by atoms with E-state index in [2.05, 4.69) is 9.97 Å². The van der Waals surface area contributed by atoms with Crippen LogP contribution in [0.5, 0.6) is 6.01 Å². The normalized spacial score (nSPS) is 27.0. The van der Waals surface area contributed by atoms with Crippen molar-refractivity contribution < 1.29 is 17.9 Å². The monoisotopic (exact) mass is 351 g/mol. The molecule has 0 radical (unpaired) electrons. The Morgan fingerprint density at radius 3 is 2.62 bits per heavy atom. The van der Waals surface area contributed by atoms with Gasteiger partial charge in [0.15, 0.2) is 9.84 Å². The van der Waals surface area contributed by atoms with Crippen molar-refractivity contribution >= 4 is 15.7 Å². The van der Waals surface area contributed by atoms with Gasteiger partial charge < -0.3 is 9.64 Å². The molecule has 4 rings (SSSR count). The molecule has 7 nitrogen and oxygen atoms in total. The fourth-order valence-corrected chi connectivity index (χ4v) is 6.12. The Labute approximate surface area is 141 Å². The van der Waals surface area contributed by atoms with Gasteiger partial charge in [-0.1, -0.05) is 0 Å². The van der Waals surface area contributed by atoms with E-state index in [-0.39, 0.29) is 30.2 Å². The van der Waals surface area contributed by atoms with Crippen LogP contribution < -0.4 is 4.74 Å². The highest BCUT2D eigenvalue weighted by atomic mass is 32.2. The Kier molecular flexibility index (Phi) is 3.74. The highest BCUT2D eigenvalue weighted by Gasteiger charge is 2.62. The minimum absolute atomic E-state index is 0.0938. The Bertz CT molecular complexity index is 727. The van der Waals surface area contributed by atoms with Crippen LogP contribution in [0.4, 0.5) is 0 Å². The Hall–Kier alpha value is -1.70. The zero-order valence-electron chi connectivity index (χ0n) is 13.4. The molecular weight excluding hydrogens is 330 g/mol. The molecule has 2 saturated heterocycles. The van der Waals surface area contributed by atoms with Crippen LogP contribution in [0.2, 0.25) is 0 Å². The first kappa shape index (κ1) is 15.8. The Balaban J connectivity index is 1.42. The van der Waals surface area contributed by atoms with E-state index in [0.717, 1.165) is 12.8 Å². The second-order valence-electron chi connectivity index (χ2n) is 7.11. The van der Waals surface area contributed by atoms with E-state index >= 15 is 0 Å². The molecule has 3 fully saturated rings. The number of ether oxygens (including phenoxy) is 1. The molecule has 0 aromatic carbocycles. The average Bonchev–Trinajstić information content (AvgIpc) is 3.28. The summed E-state index contributed by atoms with van der Waals surface area (Å²) in [7, 11) is -3.20. The van der Waals surface area contributed by atoms with E-state index in [4.69, 9.17) is 4.74 Å². The van der Waals surface area contributed by atoms with Crippen LogP contribution in [0.3, 0.4) is 0 Å². The van der Waals surface area contributed by atoms with Gasteiger partial charge in [-0.25, -0.2) is 18.4 Å². The molecule has 1 aliphatic carbocycles. The van der Waals surface area contributed by atoms with Crippen molar-refractivity contribution in [2.75, 3.05) is 25.4 Å². The van der Waals surface area contributed by atoms with Crippen molar-refractivity contribution in [1.82, 2.24) is 14.9 Å². The molecule has 3 aliphatic rings. The minimum Gasteiger partial charge on any atom is -0.463 e. The maximum absolute atomic E-state index is 12.6. The third kappa shape index (κ3) is 2.66. The van der Waals surface area contributed by atoms with Crippen molar-refractivity contribution in [2.24, 2.45) is 11.8 Å². The predicted octanol–water partition coefficient (Wildman–Crippen LogP) is 0.671. The van der Waals surface area contributed by atoms with Gasteiger partial charge in [-0.15, -0.1) is 0 Å². The molecule has 1 spiro atoms. The first-order valence-corrected chi connectivity index (χ1v) is 10.1. The summed E-state index contributed by atoms with van der Waals surface area (Å²) >= 11 is 0. The number of rotatable bonds is 5. The lowest BCUT2D eigenvalue weighted by atomic mass is 9.83. The van der Waals surface area contributed by atoms with Gasteiger partial charge in [0.25, 0.3) is 0 Å². The van der Waals surface area contributed by atoms with Crippen LogP contribution in [-0.2, 0) is 14.6 Å². The zero-order valence-corrected chi connectivity index (χ0v) is 14.2. The number of nitrogens with zero attached hydrogens (tertiary/aromatic N) is 3. The van der Waals surface area contributed by atoms with Crippen LogP contribution in [0, 0.1) is 11.8 Å². The van der Waals surface area contributed by atoms with Crippen LogP contribution >= 0.6 is 0 Å². The SMILES string of the molecule is O=C(CC1CC1)N1CC2(C1)[C@@H](COc1ncccn1)CCS2(=O)=O. The molecule has 8 heteroatoms. The third-order valence-corrected chi connectivity index (χ3v) is 8.09. The molecule has 1 saturated carbocycles. The van der Waals surface area contributed by atoms with Crippen molar-refractivity contribution in [2.45, 2.75) is 30.4 Å². The van der Waals surface area contributed by atoms with Gasteiger partial charge in [0.2, 0.25) is 5.91 Å². The van der Waals surface area contributed by atoms with Gasteiger partial charge in [-0.3, -0.25) is 4.79 Å². The second-order valence-corrected chi connectivity index (χ2v) is 9.56. The third-order valence-electron chi connectivity index (χ3n) is 5.48. The first-order chi connectivity index (χ1) is 11.5. The van der Waals surface area contributed by atoms with E-state index < -0.39 is 14.6 Å². The fourth-order valence-electron chi connectivity index (χ4n) is 3.72. The molecule has 1 amide bonds. The van der Waals surface area contributed by atoms with Crippen molar-refractivity contribution in [3.05, 3.63) is 18.5 Å². The number of amides is 1. The second kappa shape index (κ2) is 5.68. The highest BCUT2D eigenvalue weighted by molar-refractivity contribution is 7.93. The maximum Gasteiger partial charge on any atom is 0.316 e. The molecule has 130 valence electrons.